The van der Waals surface area contributed by atoms with E-state index in [1.54, 1.807) is 23.1 Å². The lowest BCUT2D eigenvalue weighted by atomic mass is 9.94. The molecule has 0 bridgehead atoms. The topological polar surface area (TPSA) is 58.6 Å². The number of benzene rings is 3. The minimum Gasteiger partial charge on any atom is -0.482 e. The lowest BCUT2D eigenvalue weighted by Gasteiger charge is -2.33. The highest BCUT2D eigenvalue weighted by Crippen LogP contribution is 2.28. The van der Waals surface area contributed by atoms with Crippen molar-refractivity contribution in [3.05, 3.63) is 98.4 Å². The summed E-state index contributed by atoms with van der Waals surface area (Å²) in [4.78, 5) is 29.2. The smallest absolute Gasteiger partial charge is 0.261 e. The number of hydrogen-bond donors (Lipinski definition) is 1. The third kappa shape index (κ3) is 8.23. The normalized spacial score (nSPS) is 14.5. The van der Waals surface area contributed by atoms with E-state index in [-0.39, 0.29) is 31.0 Å². The molecule has 1 aliphatic carbocycles. The van der Waals surface area contributed by atoms with Gasteiger partial charge in [0, 0.05) is 28.5 Å². The Labute approximate surface area is 242 Å². The summed E-state index contributed by atoms with van der Waals surface area (Å²) in [5, 5.41) is 4.04. The molecule has 1 N–H and O–H groups in total. The number of hydrogen-bond acceptors (Lipinski definition) is 3. The van der Waals surface area contributed by atoms with E-state index in [4.69, 9.17) is 27.9 Å². The van der Waals surface area contributed by atoms with Crippen LogP contribution in [0.5, 0.6) is 5.75 Å². The maximum absolute atomic E-state index is 13.8. The molecule has 38 heavy (non-hydrogen) atoms. The van der Waals surface area contributed by atoms with E-state index in [0.717, 1.165) is 41.3 Å². The van der Waals surface area contributed by atoms with Crippen LogP contribution in [-0.4, -0.2) is 35.4 Å². The van der Waals surface area contributed by atoms with Crippen molar-refractivity contribution in [2.24, 2.45) is 0 Å². The summed E-state index contributed by atoms with van der Waals surface area (Å²) in [6.07, 6.45) is 5.71. The number of carbonyl (C=O) groups excluding carboxylic acids is 2. The molecular formula is C30H31BrCl2N2O3. The van der Waals surface area contributed by atoms with Crippen LogP contribution in [0, 0.1) is 0 Å². The molecule has 1 atom stereocenters. The number of carbonyl (C=O) groups is 2. The molecule has 8 heteroatoms. The Hall–Kier alpha value is -2.54. The van der Waals surface area contributed by atoms with Crippen LogP contribution in [0.3, 0.4) is 0 Å². The van der Waals surface area contributed by atoms with Crippen LogP contribution in [0.1, 0.15) is 43.2 Å². The predicted octanol–water partition coefficient (Wildman–Crippen LogP) is 7.22. The fourth-order valence-corrected chi connectivity index (χ4v) is 5.65. The Morgan fingerprint density at radius 2 is 1.68 bits per heavy atom. The van der Waals surface area contributed by atoms with Crippen LogP contribution in [0.25, 0.3) is 0 Å². The second-order valence-electron chi connectivity index (χ2n) is 9.56. The Balaban J connectivity index is 1.62. The second-order valence-corrected chi connectivity index (χ2v) is 11.3. The zero-order valence-electron chi connectivity index (χ0n) is 21.0. The van der Waals surface area contributed by atoms with Gasteiger partial charge in [0.25, 0.3) is 5.91 Å². The maximum Gasteiger partial charge on any atom is 0.261 e. The first-order valence-electron chi connectivity index (χ1n) is 12.8. The molecule has 0 saturated heterocycles. The first-order chi connectivity index (χ1) is 18.4. The Kier molecular flexibility index (Phi) is 10.5. The van der Waals surface area contributed by atoms with Crippen molar-refractivity contribution < 1.29 is 14.3 Å². The molecule has 3 aromatic rings. The molecule has 0 aromatic heterocycles. The van der Waals surface area contributed by atoms with Crippen molar-refractivity contribution in [1.29, 1.82) is 0 Å². The van der Waals surface area contributed by atoms with Gasteiger partial charge in [-0.15, -0.1) is 0 Å². The van der Waals surface area contributed by atoms with Gasteiger partial charge in [-0.05, 0) is 54.3 Å². The molecule has 200 valence electrons. The molecule has 4 rings (SSSR count). The van der Waals surface area contributed by atoms with E-state index in [0.29, 0.717) is 22.2 Å². The summed E-state index contributed by atoms with van der Waals surface area (Å²) in [5.41, 5.74) is 1.88. The third-order valence-electron chi connectivity index (χ3n) is 6.71. The lowest BCUT2D eigenvalue weighted by molar-refractivity contribution is -0.143. The molecule has 5 nitrogen and oxygen atoms in total. The average Bonchev–Trinajstić information content (AvgIpc) is 2.91. The number of rotatable bonds is 10. The third-order valence-corrected chi connectivity index (χ3v) is 7.73. The molecule has 0 aliphatic heterocycles. The molecule has 1 fully saturated rings. The van der Waals surface area contributed by atoms with Gasteiger partial charge in [-0.2, -0.15) is 0 Å². The van der Waals surface area contributed by atoms with Gasteiger partial charge in [-0.3, -0.25) is 9.59 Å². The first kappa shape index (κ1) is 28.5. The van der Waals surface area contributed by atoms with Crippen molar-refractivity contribution in [3.8, 4) is 5.75 Å². The molecule has 0 spiro atoms. The average molecular weight is 618 g/mol. The summed E-state index contributed by atoms with van der Waals surface area (Å²) >= 11 is 15.8. The van der Waals surface area contributed by atoms with Crippen LogP contribution < -0.4 is 10.1 Å². The van der Waals surface area contributed by atoms with Gasteiger partial charge in [0.15, 0.2) is 6.61 Å². The van der Waals surface area contributed by atoms with E-state index in [1.165, 1.54) is 6.42 Å². The van der Waals surface area contributed by atoms with Gasteiger partial charge >= 0.3 is 0 Å². The fourth-order valence-electron chi connectivity index (χ4n) is 4.74. The number of nitrogens with zero attached hydrogens (tertiary/aromatic N) is 1. The fraction of sp³-hybridized carbons (Fsp3) is 0.333. The number of nitrogens with one attached hydrogen (secondary N) is 1. The zero-order chi connectivity index (χ0) is 26.9. The summed E-state index contributed by atoms with van der Waals surface area (Å²) < 4.78 is 6.70. The molecular weight excluding hydrogens is 587 g/mol. The highest BCUT2D eigenvalue weighted by atomic mass is 79.9. The first-order valence-corrected chi connectivity index (χ1v) is 14.4. The SMILES string of the molecule is O=C(NC1CCCCC1)C(Cc1ccccc1)N(Cc1cccc(Br)c1)C(=O)COc1ccc(Cl)cc1Cl. The van der Waals surface area contributed by atoms with Crippen molar-refractivity contribution in [1.82, 2.24) is 10.2 Å². The predicted molar refractivity (Wildman–Crippen MR) is 156 cm³/mol. The largest absolute Gasteiger partial charge is 0.482 e. The van der Waals surface area contributed by atoms with Crippen LogP contribution in [0.15, 0.2) is 77.3 Å². The Bertz CT molecular complexity index is 1240. The zero-order valence-corrected chi connectivity index (χ0v) is 24.1. The van der Waals surface area contributed by atoms with E-state index < -0.39 is 6.04 Å². The van der Waals surface area contributed by atoms with Crippen LogP contribution >= 0.6 is 39.1 Å². The minimum atomic E-state index is -0.713. The summed E-state index contributed by atoms with van der Waals surface area (Å²) in [7, 11) is 0. The van der Waals surface area contributed by atoms with Gasteiger partial charge in [0.05, 0.1) is 5.02 Å². The van der Waals surface area contributed by atoms with E-state index in [1.807, 2.05) is 54.6 Å². The summed E-state index contributed by atoms with van der Waals surface area (Å²) in [6, 6.07) is 21.8. The van der Waals surface area contributed by atoms with E-state index >= 15 is 0 Å². The molecule has 1 saturated carbocycles. The highest BCUT2D eigenvalue weighted by molar-refractivity contribution is 9.10. The Morgan fingerprint density at radius 3 is 2.39 bits per heavy atom. The molecule has 3 aromatic carbocycles. The maximum atomic E-state index is 13.8. The summed E-state index contributed by atoms with van der Waals surface area (Å²) in [6.45, 7) is -0.0110. The van der Waals surface area contributed by atoms with Crippen LogP contribution in [0.2, 0.25) is 10.0 Å². The van der Waals surface area contributed by atoms with Gasteiger partial charge in [-0.25, -0.2) is 0 Å². The van der Waals surface area contributed by atoms with Crippen molar-refractivity contribution in [3.63, 3.8) is 0 Å². The minimum absolute atomic E-state index is 0.126. The van der Waals surface area contributed by atoms with Crippen molar-refractivity contribution in [2.75, 3.05) is 6.61 Å². The second kappa shape index (κ2) is 14.0. The quantitative estimate of drug-likeness (QED) is 0.261. The lowest BCUT2D eigenvalue weighted by Crippen LogP contribution is -2.53. The molecule has 0 radical (unpaired) electrons. The van der Waals surface area contributed by atoms with Gasteiger partial charge < -0.3 is 15.0 Å². The van der Waals surface area contributed by atoms with Crippen molar-refractivity contribution in [2.45, 2.75) is 57.2 Å². The molecule has 0 heterocycles. The van der Waals surface area contributed by atoms with Crippen LogP contribution in [-0.2, 0) is 22.6 Å². The number of amides is 2. The molecule has 2 amide bonds. The van der Waals surface area contributed by atoms with Gasteiger partial charge in [0.2, 0.25) is 5.91 Å². The number of halogens is 3. The molecule has 1 aliphatic rings. The molecule has 1 unspecified atom stereocenters. The monoisotopic (exact) mass is 616 g/mol. The number of ether oxygens (including phenoxy) is 1. The van der Waals surface area contributed by atoms with E-state index in [2.05, 4.69) is 21.2 Å². The highest BCUT2D eigenvalue weighted by Gasteiger charge is 2.32. The Morgan fingerprint density at radius 1 is 0.947 bits per heavy atom. The van der Waals surface area contributed by atoms with Gasteiger partial charge in [-0.1, -0.05) is 101 Å². The summed E-state index contributed by atoms with van der Waals surface area (Å²) in [5.74, 6) is -0.0950. The van der Waals surface area contributed by atoms with E-state index in [9.17, 15) is 9.59 Å². The van der Waals surface area contributed by atoms with Gasteiger partial charge in [0.1, 0.15) is 11.8 Å². The standard InChI is InChI=1S/C30H31BrCl2N2O3/c31-23-11-7-10-22(16-23)19-35(29(36)20-38-28-15-14-24(32)18-26(28)33)27(17-21-8-3-1-4-9-21)30(37)34-25-12-5-2-6-13-25/h1,3-4,7-11,14-16,18,25,27H,2,5-6,12-13,17,19-20H2,(H,34,37). The van der Waals surface area contributed by atoms with Crippen molar-refractivity contribution >= 4 is 50.9 Å². The van der Waals surface area contributed by atoms with Crippen LogP contribution in [0.4, 0.5) is 0 Å².